The van der Waals surface area contributed by atoms with Crippen LogP contribution >= 0.6 is 11.3 Å². The van der Waals surface area contributed by atoms with E-state index in [1.54, 1.807) is 4.90 Å². The van der Waals surface area contributed by atoms with E-state index in [1.165, 1.54) is 10.9 Å². The maximum Gasteiger partial charge on any atom is 0.278 e. The number of piperidine rings is 1. The van der Waals surface area contributed by atoms with Crippen molar-refractivity contribution in [2.45, 2.75) is 51.7 Å². The molecule has 1 aromatic carbocycles. The quantitative estimate of drug-likeness (QED) is 0.585. The van der Waals surface area contributed by atoms with Crippen LogP contribution in [-0.4, -0.2) is 49.5 Å². The standard InChI is InChI=1S/C23H22F3N5O3S/c1-3-29-18-6-4-5-11(2)31(18)30-10-14(20(32)21(33)19(30)23(29)34)22-28-27-17(35-22)9-13-15(25)7-12(24)8-16(13)26/h7-8,10-11,18,33H,3-6,9H2,1-2H3/t11-,18+/m1/s1. The van der Waals surface area contributed by atoms with Crippen molar-refractivity contribution < 1.29 is 23.1 Å². The van der Waals surface area contributed by atoms with Gasteiger partial charge in [0.05, 0.1) is 5.56 Å². The number of hydrogen-bond acceptors (Lipinski definition) is 7. The summed E-state index contributed by atoms with van der Waals surface area (Å²) in [5.41, 5.74) is -1.24. The SMILES string of the molecule is CCN1C(=O)c2c(O)c(=O)c(-c3nnc(Cc4c(F)cc(F)cc4F)s3)cn2N2[C@H](C)CCC[C@@H]12. The van der Waals surface area contributed by atoms with Crippen LogP contribution in [0.25, 0.3) is 10.6 Å². The van der Waals surface area contributed by atoms with Gasteiger partial charge in [-0.25, -0.2) is 13.2 Å². The van der Waals surface area contributed by atoms with E-state index in [0.717, 1.165) is 30.6 Å². The molecule has 0 radical (unpaired) electrons. The van der Waals surface area contributed by atoms with Crippen molar-refractivity contribution in [3.05, 3.63) is 62.3 Å². The zero-order valence-corrected chi connectivity index (χ0v) is 19.8. The van der Waals surface area contributed by atoms with Crippen LogP contribution in [0, 0.1) is 17.5 Å². The van der Waals surface area contributed by atoms with Gasteiger partial charge in [0.1, 0.15) is 28.6 Å². The molecular weight excluding hydrogens is 483 g/mol. The molecule has 1 saturated heterocycles. The van der Waals surface area contributed by atoms with Crippen molar-refractivity contribution in [1.29, 1.82) is 0 Å². The van der Waals surface area contributed by atoms with Gasteiger partial charge in [0.15, 0.2) is 16.5 Å². The third-order valence-electron chi connectivity index (χ3n) is 6.55. The number of carbonyl (C=O) groups is 1. The van der Waals surface area contributed by atoms with Crippen LogP contribution in [0.5, 0.6) is 5.75 Å². The van der Waals surface area contributed by atoms with E-state index >= 15 is 0 Å². The molecule has 0 spiro atoms. The number of hydrogen-bond donors (Lipinski definition) is 1. The summed E-state index contributed by atoms with van der Waals surface area (Å²) in [5.74, 6) is -4.23. The second-order valence-corrected chi connectivity index (χ2v) is 9.73. The molecule has 35 heavy (non-hydrogen) atoms. The van der Waals surface area contributed by atoms with Gasteiger partial charge < -0.3 is 10.0 Å². The topological polar surface area (TPSA) is 91.6 Å². The average Bonchev–Trinajstić information content (AvgIpc) is 3.27. The van der Waals surface area contributed by atoms with Gasteiger partial charge in [0.2, 0.25) is 5.43 Å². The molecule has 2 aromatic heterocycles. The molecule has 2 aliphatic heterocycles. The lowest BCUT2D eigenvalue weighted by molar-refractivity contribution is 0.0501. The maximum absolute atomic E-state index is 14.1. The summed E-state index contributed by atoms with van der Waals surface area (Å²) >= 11 is 0.924. The lowest BCUT2D eigenvalue weighted by Gasteiger charge is -2.51. The van der Waals surface area contributed by atoms with Crippen LogP contribution in [0.3, 0.4) is 0 Å². The van der Waals surface area contributed by atoms with E-state index in [1.807, 2.05) is 18.9 Å². The van der Waals surface area contributed by atoms with Crippen LogP contribution < -0.4 is 10.4 Å². The Morgan fingerprint density at radius 3 is 2.54 bits per heavy atom. The highest BCUT2D eigenvalue weighted by molar-refractivity contribution is 7.14. The van der Waals surface area contributed by atoms with Crippen molar-refractivity contribution in [1.82, 2.24) is 19.8 Å². The molecule has 0 unspecified atom stereocenters. The first kappa shape index (κ1) is 23.3. The molecular formula is C23H22F3N5O3S. The summed E-state index contributed by atoms with van der Waals surface area (Å²) in [4.78, 5) is 27.9. The Morgan fingerprint density at radius 2 is 1.86 bits per heavy atom. The highest BCUT2D eigenvalue weighted by Crippen LogP contribution is 2.34. The number of carbonyl (C=O) groups excluding carboxylic acids is 1. The first-order valence-electron chi connectivity index (χ1n) is 11.3. The molecule has 0 bridgehead atoms. The summed E-state index contributed by atoms with van der Waals surface area (Å²) in [6.07, 6.45) is 3.54. The summed E-state index contributed by atoms with van der Waals surface area (Å²) in [6, 6.07) is 1.21. The van der Waals surface area contributed by atoms with Gasteiger partial charge in [-0.05, 0) is 33.1 Å². The van der Waals surface area contributed by atoms with E-state index in [-0.39, 0.29) is 45.5 Å². The molecule has 0 aliphatic carbocycles. The lowest BCUT2D eigenvalue weighted by atomic mass is 10.00. The van der Waals surface area contributed by atoms with E-state index < -0.39 is 34.5 Å². The molecule has 2 aliphatic rings. The zero-order valence-electron chi connectivity index (χ0n) is 19.0. The van der Waals surface area contributed by atoms with Crippen molar-refractivity contribution in [3.63, 3.8) is 0 Å². The minimum Gasteiger partial charge on any atom is -0.502 e. The smallest absolute Gasteiger partial charge is 0.278 e. The molecule has 0 saturated carbocycles. The monoisotopic (exact) mass is 505 g/mol. The molecule has 8 nitrogen and oxygen atoms in total. The molecule has 5 rings (SSSR count). The van der Waals surface area contributed by atoms with Crippen LogP contribution in [0.1, 0.15) is 54.2 Å². The predicted octanol–water partition coefficient (Wildman–Crippen LogP) is 3.39. The van der Waals surface area contributed by atoms with Gasteiger partial charge in [-0.1, -0.05) is 11.3 Å². The predicted molar refractivity (Wildman–Crippen MR) is 122 cm³/mol. The number of benzene rings is 1. The molecule has 2 atom stereocenters. The van der Waals surface area contributed by atoms with Crippen molar-refractivity contribution in [2.24, 2.45) is 0 Å². The first-order valence-corrected chi connectivity index (χ1v) is 12.1. The Balaban J connectivity index is 1.58. The molecule has 184 valence electrons. The van der Waals surface area contributed by atoms with E-state index in [2.05, 4.69) is 10.2 Å². The van der Waals surface area contributed by atoms with Gasteiger partial charge in [-0.2, -0.15) is 0 Å². The number of halogens is 3. The normalized spacial score (nSPS) is 19.6. The number of amides is 1. The Hall–Kier alpha value is -3.41. The van der Waals surface area contributed by atoms with E-state index in [0.29, 0.717) is 18.7 Å². The van der Waals surface area contributed by atoms with Gasteiger partial charge in [-0.3, -0.25) is 19.3 Å². The van der Waals surface area contributed by atoms with E-state index in [9.17, 15) is 27.9 Å². The van der Waals surface area contributed by atoms with Crippen LogP contribution in [0.4, 0.5) is 13.2 Å². The maximum atomic E-state index is 14.1. The molecule has 3 aromatic rings. The second kappa shape index (κ2) is 8.67. The van der Waals surface area contributed by atoms with Gasteiger partial charge in [0, 0.05) is 42.9 Å². The third-order valence-corrected chi connectivity index (χ3v) is 7.51. The number of fused-ring (bicyclic) bond motifs is 3. The number of aromatic hydroxyl groups is 1. The highest BCUT2D eigenvalue weighted by atomic mass is 32.1. The number of rotatable bonds is 4. The Bertz CT molecular complexity index is 1370. The van der Waals surface area contributed by atoms with Crippen molar-refractivity contribution >= 4 is 17.2 Å². The van der Waals surface area contributed by atoms with Crippen LogP contribution in [0.15, 0.2) is 23.1 Å². The Labute approximate surface area is 202 Å². The largest absolute Gasteiger partial charge is 0.502 e. The van der Waals surface area contributed by atoms with Crippen LogP contribution in [-0.2, 0) is 6.42 Å². The van der Waals surface area contributed by atoms with Gasteiger partial charge >= 0.3 is 0 Å². The summed E-state index contributed by atoms with van der Waals surface area (Å²) < 4.78 is 42.9. The minimum atomic E-state index is -1.05. The van der Waals surface area contributed by atoms with Gasteiger partial charge in [0.25, 0.3) is 5.91 Å². The highest BCUT2D eigenvalue weighted by Gasteiger charge is 2.43. The zero-order chi connectivity index (χ0) is 25.0. The number of pyridine rings is 1. The minimum absolute atomic E-state index is 0.0179. The number of aromatic nitrogens is 3. The second-order valence-electron chi connectivity index (χ2n) is 8.67. The third kappa shape index (κ3) is 3.76. The molecule has 12 heteroatoms. The van der Waals surface area contributed by atoms with Crippen LogP contribution in [0.2, 0.25) is 0 Å². The fourth-order valence-corrected chi connectivity index (χ4v) is 5.74. The summed E-state index contributed by atoms with van der Waals surface area (Å²) in [6.45, 7) is 4.30. The summed E-state index contributed by atoms with van der Waals surface area (Å²) in [5, 5.41) is 21.0. The fraction of sp³-hybridized carbons (Fsp3) is 0.391. The Kier molecular flexibility index (Phi) is 5.78. The van der Waals surface area contributed by atoms with Crippen molar-refractivity contribution in [3.8, 4) is 16.3 Å². The Morgan fingerprint density at radius 1 is 1.14 bits per heavy atom. The summed E-state index contributed by atoms with van der Waals surface area (Å²) in [7, 11) is 0. The van der Waals surface area contributed by atoms with E-state index in [4.69, 9.17) is 0 Å². The lowest BCUT2D eigenvalue weighted by Crippen LogP contribution is -2.65. The molecule has 1 fully saturated rings. The van der Waals surface area contributed by atoms with Gasteiger partial charge in [-0.15, -0.1) is 10.2 Å². The van der Waals surface area contributed by atoms with Crippen molar-refractivity contribution in [2.75, 3.05) is 11.6 Å². The average molecular weight is 506 g/mol. The molecule has 4 heterocycles. The molecule has 1 amide bonds. The number of nitrogens with zero attached hydrogens (tertiary/aromatic N) is 5. The first-order chi connectivity index (χ1) is 16.7. The molecule has 1 N–H and O–H groups in total. The fourth-order valence-electron chi connectivity index (χ4n) is 4.88.